The lowest BCUT2D eigenvalue weighted by atomic mass is 10.1. The maximum atomic E-state index is 13.8. The number of allylic oxidation sites excluding steroid dienone is 4. The average molecular weight is 544 g/mol. The molecule has 3 aromatic carbocycles. The van der Waals surface area contributed by atoms with Crippen molar-refractivity contribution in [3.8, 4) is 22.9 Å². The van der Waals surface area contributed by atoms with E-state index in [1.807, 2.05) is 72.8 Å². The van der Waals surface area contributed by atoms with Gasteiger partial charge in [0.05, 0.1) is 24.9 Å². The molecule has 1 heterocycles. The molecule has 0 spiro atoms. The van der Waals surface area contributed by atoms with Crippen molar-refractivity contribution in [2.75, 3.05) is 12.4 Å². The first-order valence-electron chi connectivity index (χ1n) is 14.0. The van der Waals surface area contributed by atoms with Crippen LogP contribution < -0.4 is 20.3 Å². The maximum Gasteiger partial charge on any atom is 0.261 e. The Balaban J connectivity index is 1.32. The molecule has 1 saturated carbocycles. The van der Waals surface area contributed by atoms with E-state index in [1.165, 1.54) is 24.1 Å². The first kappa shape index (κ1) is 26.4. The van der Waals surface area contributed by atoms with Crippen LogP contribution in [0.1, 0.15) is 48.6 Å². The van der Waals surface area contributed by atoms with E-state index in [2.05, 4.69) is 36.5 Å². The molecular formula is C35H33N3O3. The minimum atomic E-state index is -0.0730. The van der Waals surface area contributed by atoms with Crippen LogP contribution in [-0.4, -0.2) is 16.7 Å². The van der Waals surface area contributed by atoms with Gasteiger partial charge in [0, 0.05) is 16.9 Å². The molecule has 6 nitrogen and oxygen atoms in total. The van der Waals surface area contributed by atoms with Gasteiger partial charge in [0.25, 0.3) is 5.56 Å². The Morgan fingerprint density at radius 1 is 0.927 bits per heavy atom. The highest BCUT2D eigenvalue weighted by atomic mass is 16.5. The predicted molar refractivity (Wildman–Crippen MR) is 165 cm³/mol. The predicted octanol–water partition coefficient (Wildman–Crippen LogP) is 7.46. The standard InChI is InChI=1S/C35H33N3O3/c1-24(27-15-16-27)36-29-18-13-26(14-19-29)23-41-33-21-28(17-20-32(33)40-2)34-37-31-12-8-4-7-11-30(31)35(39)38(34)22-25-9-5-3-6-10-25/h3,5-14,17-21,36H,4,15-16,22-23H2,1-2H3. The molecule has 0 bridgehead atoms. The molecule has 0 radical (unpaired) electrons. The van der Waals surface area contributed by atoms with E-state index < -0.39 is 0 Å². The summed E-state index contributed by atoms with van der Waals surface area (Å²) in [6, 6.07) is 23.9. The van der Waals surface area contributed by atoms with Crippen LogP contribution in [0.15, 0.2) is 101 Å². The third-order valence-corrected chi connectivity index (χ3v) is 7.38. The summed E-state index contributed by atoms with van der Waals surface area (Å²) in [5.74, 6) is 1.79. The Morgan fingerprint density at radius 2 is 1.71 bits per heavy atom. The summed E-state index contributed by atoms with van der Waals surface area (Å²) in [6.45, 7) is 2.91. The monoisotopic (exact) mass is 543 g/mol. The lowest BCUT2D eigenvalue weighted by molar-refractivity contribution is 0.284. The molecule has 2 aliphatic rings. The van der Waals surface area contributed by atoms with Gasteiger partial charge in [-0.2, -0.15) is 0 Å². The molecule has 1 fully saturated rings. The smallest absolute Gasteiger partial charge is 0.261 e. The number of hydrogen-bond donors (Lipinski definition) is 1. The highest BCUT2D eigenvalue weighted by Gasteiger charge is 2.18. The molecule has 1 aromatic heterocycles. The van der Waals surface area contributed by atoms with Crippen molar-refractivity contribution in [1.29, 1.82) is 0 Å². The molecule has 4 aromatic rings. The van der Waals surface area contributed by atoms with Crippen molar-refractivity contribution in [1.82, 2.24) is 9.55 Å². The summed E-state index contributed by atoms with van der Waals surface area (Å²) in [4.78, 5) is 18.8. The number of nitrogens with one attached hydrogen (secondary N) is 1. The fourth-order valence-electron chi connectivity index (χ4n) is 4.96. The number of aromatic nitrogens is 2. The van der Waals surface area contributed by atoms with Crippen LogP contribution in [0.2, 0.25) is 0 Å². The Kier molecular flexibility index (Phi) is 7.54. The molecule has 206 valence electrons. The van der Waals surface area contributed by atoms with Crippen molar-refractivity contribution >= 4 is 17.8 Å². The summed E-state index contributed by atoms with van der Waals surface area (Å²) in [5.41, 5.74) is 7.86. The molecule has 6 heteroatoms. The zero-order valence-electron chi connectivity index (χ0n) is 23.4. The minimum absolute atomic E-state index is 0.0730. The topological polar surface area (TPSA) is 65.4 Å². The van der Waals surface area contributed by atoms with Gasteiger partial charge in [0.15, 0.2) is 11.5 Å². The maximum absolute atomic E-state index is 13.8. The zero-order valence-corrected chi connectivity index (χ0v) is 23.4. The Labute approximate surface area is 240 Å². The summed E-state index contributed by atoms with van der Waals surface area (Å²) in [6.07, 6.45) is 11.0. The van der Waals surface area contributed by atoms with Gasteiger partial charge >= 0.3 is 0 Å². The van der Waals surface area contributed by atoms with Gasteiger partial charge in [0.1, 0.15) is 12.4 Å². The number of hydrogen-bond acceptors (Lipinski definition) is 5. The summed E-state index contributed by atoms with van der Waals surface area (Å²) < 4.78 is 13.6. The summed E-state index contributed by atoms with van der Waals surface area (Å²) in [5, 5.41) is 3.48. The van der Waals surface area contributed by atoms with Crippen molar-refractivity contribution in [3.63, 3.8) is 0 Å². The summed E-state index contributed by atoms with van der Waals surface area (Å²) >= 11 is 0. The number of nitrogens with zero attached hydrogens (tertiary/aromatic N) is 2. The number of methoxy groups -OCH3 is 1. The van der Waals surface area contributed by atoms with Crippen LogP contribution in [0.25, 0.3) is 23.5 Å². The van der Waals surface area contributed by atoms with Crippen LogP contribution in [0.5, 0.6) is 11.5 Å². The summed E-state index contributed by atoms with van der Waals surface area (Å²) in [7, 11) is 1.63. The van der Waals surface area contributed by atoms with Crippen LogP contribution in [0.4, 0.5) is 5.69 Å². The molecule has 0 unspecified atom stereocenters. The Bertz CT molecular complexity index is 1710. The number of anilines is 1. The molecule has 41 heavy (non-hydrogen) atoms. The van der Waals surface area contributed by atoms with Crippen LogP contribution in [-0.2, 0) is 13.2 Å². The van der Waals surface area contributed by atoms with Crippen molar-refractivity contribution in [2.45, 2.75) is 39.3 Å². The zero-order chi connectivity index (χ0) is 28.2. The quantitative estimate of drug-likeness (QED) is 0.237. The van der Waals surface area contributed by atoms with E-state index in [9.17, 15) is 4.79 Å². The molecule has 1 N–H and O–H groups in total. The molecule has 0 aliphatic heterocycles. The third-order valence-electron chi connectivity index (χ3n) is 7.38. The van der Waals surface area contributed by atoms with Gasteiger partial charge in [-0.15, -0.1) is 0 Å². The number of rotatable bonds is 9. The molecule has 0 amide bonds. The molecule has 6 rings (SSSR count). The van der Waals surface area contributed by atoms with E-state index in [-0.39, 0.29) is 5.56 Å². The van der Waals surface area contributed by atoms with Crippen LogP contribution in [0.3, 0.4) is 0 Å². The first-order chi connectivity index (χ1) is 20.1. The molecule has 0 saturated heterocycles. The van der Waals surface area contributed by atoms with E-state index in [0.29, 0.717) is 41.7 Å². The highest BCUT2D eigenvalue weighted by Crippen LogP contribution is 2.34. The van der Waals surface area contributed by atoms with Gasteiger partial charge in [-0.05, 0) is 73.7 Å². The van der Waals surface area contributed by atoms with Crippen LogP contribution >= 0.6 is 0 Å². The fourth-order valence-corrected chi connectivity index (χ4v) is 4.96. The van der Waals surface area contributed by atoms with Gasteiger partial charge < -0.3 is 14.8 Å². The van der Waals surface area contributed by atoms with Gasteiger partial charge in [0.2, 0.25) is 0 Å². The van der Waals surface area contributed by atoms with Crippen LogP contribution in [0, 0.1) is 0 Å². The average Bonchev–Trinajstić information content (AvgIpc) is 3.87. The van der Waals surface area contributed by atoms with E-state index in [1.54, 1.807) is 11.7 Å². The van der Waals surface area contributed by atoms with E-state index in [4.69, 9.17) is 14.5 Å². The van der Waals surface area contributed by atoms with Gasteiger partial charge in [-0.25, -0.2) is 4.98 Å². The van der Waals surface area contributed by atoms with Crippen molar-refractivity contribution < 1.29 is 9.47 Å². The van der Waals surface area contributed by atoms with Gasteiger partial charge in [-0.1, -0.05) is 66.3 Å². The molecular weight excluding hydrogens is 510 g/mol. The normalized spacial score (nSPS) is 13.4. The van der Waals surface area contributed by atoms with Gasteiger partial charge in [-0.3, -0.25) is 9.36 Å². The Morgan fingerprint density at radius 3 is 2.46 bits per heavy atom. The molecule has 2 aliphatic carbocycles. The highest BCUT2D eigenvalue weighted by molar-refractivity contribution is 5.68. The number of benzene rings is 3. The fraction of sp³-hybridized carbons (Fsp3) is 0.200. The van der Waals surface area contributed by atoms with E-state index >= 15 is 0 Å². The minimum Gasteiger partial charge on any atom is -0.493 e. The number of fused-ring (bicyclic) bond motifs is 1. The number of ether oxygens (including phenoxy) is 2. The second-order valence-corrected chi connectivity index (χ2v) is 10.4. The first-order valence-corrected chi connectivity index (χ1v) is 14.0. The Hall–Kier alpha value is -4.84. The lowest BCUT2D eigenvalue weighted by Crippen LogP contribution is -2.27. The SMILES string of the molecule is COc1ccc(-c2nc3c(c(=O)n2Cc2ccccc2)C=CCC=C3)cc1OCc1ccc(NC(C)=C2CC2)cc1. The van der Waals surface area contributed by atoms with E-state index in [0.717, 1.165) is 28.8 Å². The third kappa shape index (κ3) is 6.02. The lowest BCUT2D eigenvalue weighted by Gasteiger charge is -2.17. The second kappa shape index (κ2) is 11.7. The molecule has 0 atom stereocenters. The second-order valence-electron chi connectivity index (χ2n) is 10.4. The largest absolute Gasteiger partial charge is 0.493 e. The van der Waals surface area contributed by atoms with Crippen molar-refractivity contribution in [3.05, 3.63) is 129 Å². The van der Waals surface area contributed by atoms with Crippen molar-refractivity contribution in [2.24, 2.45) is 0 Å².